The van der Waals surface area contributed by atoms with Crippen LogP contribution in [0.15, 0.2) is 89.8 Å². The molecule has 0 aromatic heterocycles. The number of hydrogen-bond acceptors (Lipinski definition) is 4. The molecule has 0 saturated carbocycles. The van der Waals surface area contributed by atoms with Crippen LogP contribution in [-0.4, -0.2) is 18.5 Å². The molecule has 5 heteroatoms. The predicted octanol–water partition coefficient (Wildman–Crippen LogP) is 5.01. The summed E-state index contributed by atoms with van der Waals surface area (Å²) in [6, 6.07) is 26.5. The normalized spacial score (nSPS) is 11.5. The molecule has 0 aliphatic carbocycles. The third kappa shape index (κ3) is 5.47. The summed E-state index contributed by atoms with van der Waals surface area (Å²) in [6.45, 7) is 1.58. The van der Waals surface area contributed by atoms with Crippen molar-refractivity contribution in [2.75, 3.05) is 11.9 Å². The summed E-state index contributed by atoms with van der Waals surface area (Å²) >= 11 is 1.40. The van der Waals surface area contributed by atoms with Gasteiger partial charge in [0.25, 0.3) is 5.91 Å². The van der Waals surface area contributed by atoms with E-state index in [2.05, 4.69) is 5.32 Å². The second kappa shape index (κ2) is 9.76. The van der Waals surface area contributed by atoms with Crippen LogP contribution in [0, 0.1) is 6.92 Å². The Morgan fingerprint density at radius 2 is 1.50 bits per heavy atom. The van der Waals surface area contributed by atoms with E-state index in [1.54, 1.807) is 0 Å². The SMILES string of the molecule is Cc1ccccc1NC(=O)COC(=O)[C@@H](Sc1ccccc1)c1ccccc1. The Morgan fingerprint density at radius 3 is 2.18 bits per heavy atom. The number of aryl methyl sites for hydroxylation is 1. The zero-order valence-corrected chi connectivity index (χ0v) is 16.3. The van der Waals surface area contributed by atoms with Crippen molar-refractivity contribution in [3.8, 4) is 0 Å². The van der Waals surface area contributed by atoms with Gasteiger partial charge in [-0.3, -0.25) is 9.59 Å². The molecule has 0 spiro atoms. The minimum atomic E-state index is -0.546. The molecule has 0 radical (unpaired) electrons. The van der Waals surface area contributed by atoms with Gasteiger partial charge in [0.1, 0.15) is 5.25 Å². The van der Waals surface area contributed by atoms with E-state index in [1.165, 1.54) is 11.8 Å². The summed E-state index contributed by atoms with van der Waals surface area (Å²) in [6.07, 6.45) is 0. The Balaban J connectivity index is 1.66. The number of carbonyl (C=O) groups is 2. The zero-order chi connectivity index (χ0) is 19.8. The molecule has 4 nitrogen and oxygen atoms in total. The number of anilines is 1. The van der Waals surface area contributed by atoms with E-state index in [1.807, 2.05) is 91.9 Å². The van der Waals surface area contributed by atoms with Crippen LogP contribution in [0.3, 0.4) is 0 Å². The number of nitrogens with one attached hydrogen (secondary N) is 1. The molecule has 3 aromatic carbocycles. The van der Waals surface area contributed by atoms with Gasteiger partial charge in [0.15, 0.2) is 6.61 Å². The van der Waals surface area contributed by atoms with Gasteiger partial charge in [-0.25, -0.2) is 0 Å². The highest BCUT2D eigenvalue weighted by Crippen LogP contribution is 2.36. The van der Waals surface area contributed by atoms with Crippen molar-refractivity contribution in [2.45, 2.75) is 17.1 Å². The molecule has 1 amide bonds. The fourth-order valence-corrected chi connectivity index (χ4v) is 3.67. The minimum absolute atomic E-state index is 0.328. The van der Waals surface area contributed by atoms with Crippen molar-refractivity contribution in [3.63, 3.8) is 0 Å². The Bertz CT molecular complexity index is 929. The maximum Gasteiger partial charge on any atom is 0.324 e. The first-order valence-electron chi connectivity index (χ1n) is 8.92. The molecule has 0 saturated heterocycles. The lowest BCUT2D eigenvalue weighted by atomic mass is 10.1. The first-order chi connectivity index (χ1) is 13.6. The lowest BCUT2D eigenvalue weighted by Crippen LogP contribution is -2.23. The van der Waals surface area contributed by atoms with Gasteiger partial charge in [0.05, 0.1) is 0 Å². The summed E-state index contributed by atoms with van der Waals surface area (Å²) in [7, 11) is 0. The monoisotopic (exact) mass is 391 g/mol. The highest BCUT2D eigenvalue weighted by Gasteiger charge is 2.24. The third-order valence-corrected chi connectivity index (χ3v) is 5.32. The summed E-state index contributed by atoms with van der Waals surface area (Å²) in [4.78, 5) is 25.9. The van der Waals surface area contributed by atoms with Gasteiger partial charge >= 0.3 is 5.97 Å². The molecule has 0 bridgehead atoms. The molecule has 3 aromatic rings. The highest BCUT2D eigenvalue weighted by atomic mass is 32.2. The Hall–Kier alpha value is -3.05. The number of amides is 1. The number of hydrogen-bond donors (Lipinski definition) is 1. The van der Waals surface area contributed by atoms with E-state index in [9.17, 15) is 9.59 Å². The van der Waals surface area contributed by atoms with Crippen LogP contribution >= 0.6 is 11.8 Å². The maximum absolute atomic E-state index is 12.7. The number of esters is 1. The molecule has 1 atom stereocenters. The first-order valence-corrected chi connectivity index (χ1v) is 9.80. The van der Waals surface area contributed by atoms with E-state index in [0.29, 0.717) is 5.69 Å². The molecular formula is C23H21NO3S. The third-order valence-electron chi connectivity index (χ3n) is 4.08. The number of benzene rings is 3. The van der Waals surface area contributed by atoms with Gasteiger partial charge in [-0.2, -0.15) is 0 Å². The molecular weight excluding hydrogens is 370 g/mol. The Morgan fingerprint density at radius 1 is 0.893 bits per heavy atom. The lowest BCUT2D eigenvalue weighted by molar-refractivity contribution is -0.146. The van der Waals surface area contributed by atoms with Crippen molar-refractivity contribution >= 4 is 29.3 Å². The second-order valence-corrected chi connectivity index (χ2v) is 7.37. The average Bonchev–Trinajstić information content (AvgIpc) is 2.73. The van der Waals surface area contributed by atoms with Crippen molar-refractivity contribution in [2.24, 2.45) is 0 Å². The van der Waals surface area contributed by atoms with Crippen LogP contribution in [0.2, 0.25) is 0 Å². The van der Waals surface area contributed by atoms with Crippen LogP contribution in [0.25, 0.3) is 0 Å². The Labute approximate surface area is 168 Å². The van der Waals surface area contributed by atoms with Crippen molar-refractivity contribution in [1.29, 1.82) is 0 Å². The molecule has 28 heavy (non-hydrogen) atoms. The summed E-state index contributed by atoms with van der Waals surface area (Å²) in [5, 5.41) is 2.22. The van der Waals surface area contributed by atoms with Gasteiger partial charge in [-0.15, -0.1) is 11.8 Å². The summed E-state index contributed by atoms with van der Waals surface area (Å²) in [5.41, 5.74) is 2.49. The van der Waals surface area contributed by atoms with E-state index in [0.717, 1.165) is 16.0 Å². The Kier molecular flexibility index (Phi) is 6.87. The molecule has 0 unspecified atom stereocenters. The van der Waals surface area contributed by atoms with Crippen LogP contribution < -0.4 is 5.32 Å². The molecule has 0 heterocycles. The van der Waals surface area contributed by atoms with Crippen LogP contribution in [0.5, 0.6) is 0 Å². The number of para-hydroxylation sites is 1. The molecule has 1 N–H and O–H groups in total. The quantitative estimate of drug-likeness (QED) is 0.454. The van der Waals surface area contributed by atoms with E-state index in [-0.39, 0.29) is 12.5 Å². The van der Waals surface area contributed by atoms with Crippen LogP contribution in [0.4, 0.5) is 5.69 Å². The molecule has 3 rings (SSSR count). The molecule has 0 aliphatic heterocycles. The molecule has 142 valence electrons. The van der Waals surface area contributed by atoms with Crippen molar-refractivity contribution in [3.05, 3.63) is 96.1 Å². The number of ether oxygens (including phenoxy) is 1. The summed E-state index contributed by atoms with van der Waals surface area (Å²) in [5.74, 6) is -0.806. The van der Waals surface area contributed by atoms with Crippen molar-refractivity contribution < 1.29 is 14.3 Å². The number of thioether (sulfide) groups is 1. The fourth-order valence-electron chi connectivity index (χ4n) is 2.63. The van der Waals surface area contributed by atoms with Gasteiger partial charge in [0, 0.05) is 10.6 Å². The van der Waals surface area contributed by atoms with E-state index in [4.69, 9.17) is 4.74 Å². The highest BCUT2D eigenvalue weighted by molar-refractivity contribution is 8.00. The first kappa shape index (κ1) is 19.7. The molecule has 0 aliphatic rings. The van der Waals surface area contributed by atoms with Crippen LogP contribution in [-0.2, 0) is 14.3 Å². The lowest BCUT2D eigenvalue weighted by Gasteiger charge is -2.16. The smallest absolute Gasteiger partial charge is 0.324 e. The zero-order valence-electron chi connectivity index (χ0n) is 15.5. The maximum atomic E-state index is 12.7. The van der Waals surface area contributed by atoms with Gasteiger partial charge in [0.2, 0.25) is 0 Å². The van der Waals surface area contributed by atoms with Crippen molar-refractivity contribution in [1.82, 2.24) is 0 Å². The second-order valence-electron chi connectivity index (χ2n) is 6.19. The van der Waals surface area contributed by atoms with Gasteiger partial charge in [-0.1, -0.05) is 66.7 Å². The van der Waals surface area contributed by atoms with Gasteiger partial charge < -0.3 is 10.1 Å². The fraction of sp³-hybridized carbons (Fsp3) is 0.130. The molecule has 0 fully saturated rings. The largest absolute Gasteiger partial charge is 0.454 e. The van der Waals surface area contributed by atoms with E-state index < -0.39 is 11.2 Å². The predicted molar refractivity (Wildman–Crippen MR) is 112 cm³/mol. The standard InChI is InChI=1S/C23H21NO3S/c1-17-10-8-9-15-20(17)24-21(25)16-27-23(26)22(18-11-4-2-5-12-18)28-19-13-6-3-7-14-19/h2-15,22H,16H2,1H3,(H,24,25)/t22-/m0/s1. The van der Waals surface area contributed by atoms with E-state index >= 15 is 0 Å². The summed E-state index contributed by atoms with van der Waals surface area (Å²) < 4.78 is 5.33. The van der Waals surface area contributed by atoms with Gasteiger partial charge in [-0.05, 0) is 36.2 Å². The topological polar surface area (TPSA) is 55.4 Å². The van der Waals surface area contributed by atoms with Crippen LogP contribution in [0.1, 0.15) is 16.4 Å². The number of carbonyl (C=O) groups excluding carboxylic acids is 2. The average molecular weight is 391 g/mol. The number of rotatable bonds is 7. The minimum Gasteiger partial charge on any atom is -0.454 e.